The predicted octanol–water partition coefficient (Wildman–Crippen LogP) is 3.46. The van der Waals surface area contributed by atoms with Gasteiger partial charge in [-0.2, -0.15) is 0 Å². The van der Waals surface area contributed by atoms with E-state index in [-0.39, 0.29) is 0 Å². The van der Waals surface area contributed by atoms with Crippen molar-refractivity contribution in [3.63, 3.8) is 0 Å². The second-order valence-corrected chi connectivity index (χ2v) is 4.46. The lowest BCUT2D eigenvalue weighted by Crippen LogP contribution is -2.32. The first-order valence-electron chi connectivity index (χ1n) is 5.91. The molecule has 1 amide bonds. The molecule has 102 valence electrons. The van der Waals surface area contributed by atoms with Gasteiger partial charge < -0.3 is 4.84 Å². The molecule has 0 spiro atoms. The van der Waals surface area contributed by atoms with Gasteiger partial charge in [0.25, 0.3) is 5.91 Å². The van der Waals surface area contributed by atoms with Crippen LogP contribution >= 0.6 is 11.6 Å². The van der Waals surface area contributed by atoms with Crippen LogP contribution in [0.4, 0.5) is 5.69 Å². The van der Waals surface area contributed by atoms with Crippen molar-refractivity contribution in [3.05, 3.63) is 65.2 Å². The highest BCUT2D eigenvalue weighted by Gasteiger charge is 2.20. The molecule has 0 fully saturated rings. The first kappa shape index (κ1) is 14.1. The number of hydroxylamine groups is 1. The summed E-state index contributed by atoms with van der Waals surface area (Å²) in [5.74, 6) is -1.01. The molecule has 0 aromatic heterocycles. The van der Waals surface area contributed by atoms with E-state index in [0.717, 1.165) is 5.06 Å². The van der Waals surface area contributed by atoms with Crippen molar-refractivity contribution in [2.75, 3.05) is 5.06 Å². The van der Waals surface area contributed by atoms with Crippen LogP contribution in [-0.4, -0.2) is 11.9 Å². The minimum atomic E-state index is -0.579. The van der Waals surface area contributed by atoms with E-state index in [4.69, 9.17) is 16.4 Å². The van der Waals surface area contributed by atoms with Crippen LogP contribution < -0.4 is 5.06 Å². The first-order valence-corrected chi connectivity index (χ1v) is 6.29. The second kappa shape index (κ2) is 6.21. The monoisotopic (exact) mass is 289 g/mol. The lowest BCUT2D eigenvalue weighted by Gasteiger charge is -2.20. The summed E-state index contributed by atoms with van der Waals surface area (Å²) in [6.45, 7) is 1.24. The standard InChI is InChI=1S/C15H12ClNO3/c1-11(18)20-17(14-9-7-13(16)8-10-14)15(19)12-5-3-2-4-6-12/h2-10H,1H3. The van der Waals surface area contributed by atoms with Crippen molar-refractivity contribution < 1.29 is 14.4 Å². The molecule has 0 radical (unpaired) electrons. The largest absolute Gasteiger partial charge is 0.333 e. The van der Waals surface area contributed by atoms with Gasteiger partial charge in [-0.05, 0) is 36.4 Å². The van der Waals surface area contributed by atoms with Gasteiger partial charge in [0.15, 0.2) is 0 Å². The molecule has 0 aliphatic heterocycles. The number of amides is 1. The van der Waals surface area contributed by atoms with Crippen LogP contribution in [0.25, 0.3) is 0 Å². The number of rotatable bonds is 2. The lowest BCUT2D eigenvalue weighted by molar-refractivity contribution is -0.141. The summed E-state index contributed by atoms with van der Waals surface area (Å²) in [5.41, 5.74) is 0.849. The summed E-state index contributed by atoms with van der Waals surface area (Å²) in [6, 6.07) is 15.0. The summed E-state index contributed by atoms with van der Waals surface area (Å²) >= 11 is 5.81. The fourth-order valence-corrected chi connectivity index (χ4v) is 1.74. The maximum Gasteiger partial charge on any atom is 0.330 e. The fraction of sp³-hybridized carbons (Fsp3) is 0.0667. The minimum absolute atomic E-state index is 0.420. The molecular formula is C15H12ClNO3. The zero-order valence-electron chi connectivity index (χ0n) is 10.7. The third-order valence-corrected chi connectivity index (χ3v) is 2.74. The number of anilines is 1. The van der Waals surface area contributed by atoms with Crippen molar-refractivity contribution in [1.82, 2.24) is 0 Å². The molecule has 0 saturated heterocycles. The number of nitrogens with zero attached hydrogens (tertiary/aromatic N) is 1. The Morgan fingerprint density at radius 2 is 1.60 bits per heavy atom. The molecule has 2 rings (SSSR count). The van der Waals surface area contributed by atoms with Crippen molar-refractivity contribution in [2.45, 2.75) is 6.92 Å². The highest BCUT2D eigenvalue weighted by atomic mass is 35.5. The molecule has 4 nitrogen and oxygen atoms in total. The van der Waals surface area contributed by atoms with E-state index in [2.05, 4.69) is 0 Å². The maximum atomic E-state index is 12.4. The molecule has 0 bridgehead atoms. The molecule has 5 heteroatoms. The van der Waals surface area contributed by atoms with Gasteiger partial charge in [0.1, 0.15) is 0 Å². The van der Waals surface area contributed by atoms with Gasteiger partial charge in [0, 0.05) is 17.5 Å². The molecule has 0 heterocycles. The number of benzene rings is 2. The average Bonchev–Trinajstić information content (AvgIpc) is 2.46. The topological polar surface area (TPSA) is 46.6 Å². The molecule has 0 aliphatic carbocycles. The molecule has 0 saturated carbocycles. The zero-order chi connectivity index (χ0) is 14.5. The third kappa shape index (κ3) is 3.36. The summed E-state index contributed by atoms with van der Waals surface area (Å²) < 4.78 is 0. The smallest absolute Gasteiger partial charge is 0.330 e. The quantitative estimate of drug-likeness (QED) is 0.795. The van der Waals surface area contributed by atoms with Crippen molar-refractivity contribution in [2.24, 2.45) is 0 Å². The average molecular weight is 290 g/mol. The molecule has 0 N–H and O–H groups in total. The van der Waals surface area contributed by atoms with Crippen LogP contribution in [0.1, 0.15) is 17.3 Å². The minimum Gasteiger partial charge on any atom is -0.333 e. The Hall–Kier alpha value is -2.33. The van der Waals surface area contributed by atoms with E-state index >= 15 is 0 Å². The highest BCUT2D eigenvalue weighted by molar-refractivity contribution is 6.30. The van der Waals surface area contributed by atoms with Crippen LogP contribution in [0.3, 0.4) is 0 Å². The van der Waals surface area contributed by atoms with Crippen molar-refractivity contribution in [3.8, 4) is 0 Å². The molecule has 20 heavy (non-hydrogen) atoms. The summed E-state index contributed by atoms with van der Waals surface area (Å²) in [6.07, 6.45) is 0. The van der Waals surface area contributed by atoms with E-state index in [1.165, 1.54) is 6.92 Å². The van der Waals surface area contributed by atoms with E-state index in [1.807, 2.05) is 0 Å². The number of hydrogen-bond donors (Lipinski definition) is 0. The zero-order valence-corrected chi connectivity index (χ0v) is 11.5. The molecule has 0 unspecified atom stereocenters. The summed E-state index contributed by atoms with van der Waals surface area (Å²) in [5, 5.41) is 1.48. The number of carbonyl (C=O) groups is 2. The lowest BCUT2D eigenvalue weighted by atomic mass is 10.2. The van der Waals surface area contributed by atoms with Gasteiger partial charge in [0.05, 0.1) is 5.69 Å². The van der Waals surface area contributed by atoms with E-state index in [9.17, 15) is 9.59 Å². The number of hydrogen-bond acceptors (Lipinski definition) is 3. The van der Waals surface area contributed by atoms with E-state index < -0.39 is 11.9 Å². The summed E-state index contributed by atoms with van der Waals surface area (Å²) in [7, 11) is 0. The Morgan fingerprint density at radius 1 is 1.00 bits per heavy atom. The second-order valence-electron chi connectivity index (χ2n) is 4.02. The van der Waals surface area contributed by atoms with Crippen molar-refractivity contribution >= 4 is 29.2 Å². The maximum absolute atomic E-state index is 12.4. The van der Waals surface area contributed by atoms with Gasteiger partial charge in [0.2, 0.25) is 0 Å². The van der Waals surface area contributed by atoms with Gasteiger partial charge >= 0.3 is 5.97 Å². The Bertz CT molecular complexity index is 611. The normalized spacial score (nSPS) is 9.90. The number of halogens is 1. The first-order chi connectivity index (χ1) is 9.58. The van der Waals surface area contributed by atoms with Gasteiger partial charge in [-0.25, -0.2) is 4.79 Å². The van der Waals surface area contributed by atoms with E-state index in [0.29, 0.717) is 16.3 Å². The number of carbonyl (C=O) groups excluding carboxylic acids is 2. The van der Waals surface area contributed by atoms with Crippen LogP contribution in [0.15, 0.2) is 54.6 Å². The van der Waals surface area contributed by atoms with Crippen LogP contribution in [0.2, 0.25) is 5.02 Å². The predicted molar refractivity (Wildman–Crippen MR) is 76.5 cm³/mol. The highest BCUT2D eigenvalue weighted by Crippen LogP contribution is 2.20. The Kier molecular flexibility index (Phi) is 4.38. The van der Waals surface area contributed by atoms with Crippen LogP contribution in [-0.2, 0) is 9.63 Å². The van der Waals surface area contributed by atoms with Gasteiger partial charge in [-0.3, -0.25) is 4.79 Å². The van der Waals surface area contributed by atoms with E-state index in [1.54, 1.807) is 54.6 Å². The van der Waals surface area contributed by atoms with Gasteiger partial charge in [-0.1, -0.05) is 29.8 Å². The molecule has 0 aliphatic rings. The SMILES string of the molecule is CC(=O)ON(C(=O)c1ccccc1)c1ccc(Cl)cc1. The van der Waals surface area contributed by atoms with Crippen LogP contribution in [0, 0.1) is 0 Å². The van der Waals surface area contributed by atoms with Gasteiger partial charge in [-0.15, -0.1) is 5.06 Å². The molecular weight excluding hydrogens is 278 g/mol. The molecule has 2 aromatic rings. The van der Waals surface area contributed by atoms with Crippen LogP contribution in [0.5, 0.6) is 0 Å². The Balaban J connectivity index is 2.35. The Labute approximate surface area is 121 Å². The third-order valence-electron chi connectivity index (χ3n) is 2.49. The molecule has 2 aromatic carbocycles. The Morgan fingerprint density at radius 3 is 2.15 bits per heavy atom. The summed E-state index contributed by atoms with van der Waals surface area (Å²) in [4.78, 5) is 28.6. The fourth-order valence-electron chi connectivity index (χ4n) is 1.61. The molecule has 0 atom stereocenters. The van der Waals surface area contributed by atoms with Crippen molar-refractivity contribution in [1.29, 1.82) is 0 Å².